The Morgan fingerprint density at radius 3 is 2.25 bits per heavy atom. The van der Waals surface area contributed by atoms with E-state index in [-0.39, 0.29) is 5.78 Å². The molecule has 0 radical (unpaired) electrons. The topological polar surface area (TPSA) is 17.1 Å². The van der Waals surface area contributed by atoms with Crippen molar-refractivity contribution < 1.29 is 4.79 Å². The van der Waals surface area contributed by atoms with E-state index in [2.05, 4.69) is 24.3 Å². The van der Waals surface area contributed by atoms with Crippen LogP contribution in [0.15, 0.2) is 91.0 Å². The van der Waals surface area contributed by atoms with E-state index >= 15 is 0 Å². The van der Waals surface area contributed by atoms with Crippen LogP contribution in [0.4, 0.5) is 0 Å². The number of hydrogen-bond donors (Lipinski definition) is 0. The molecular formula is C23H16O. The summed E-state index contributed by atoms with van der Waals surface area (Å²) in [4.78, 5) is 12.5. The maximum Gasteiger partial charge on any atom is 0.185 e. The molecule has 4 aromatic rings. The van der Waals surface area contributed by atoms with Crippen LogP contribution in [0.5, 0.6) is 0 Å². The zero-order valence-corrected chi connectivity index (χ0v) is 13.1. The van der Waals surface area contributed by atoms with E-state index in [1.54, 1.807) is 6.08 Å². The lowest BCUT2D eigenvalue weighted by atomic mass is 10.0. The van der Waals surface area contributed by atoms with Crippen LogP contribution in [0.2, 0.25) is 0 Å². The summed E-state index contributed by atoms with van der Waals surface area (Å²) < 4.78 is 0. The summed E-state index contributed by atoms with van der Waals surface area (Å²) in [6, 6.07) is 28.2. The summed E-state index contributed by atoms with van der Waals surface area (Å²) >= 11 is 0. The Bertz CT molecular complexity index is 1070. The molecule has 1 nitrogen and oxygen atoms in total. The molecule has 0 saturated heterocycles. The third-order valence-electron chi connectivity index (χ3n) is 4.27. The number of fused-ring (bicyclic) bond motifs is 2. The van der Waals surface area contributed by atoms with Crippen LogP contribution in [-0.4, -0.2) is 5.78 Å². The van der Waals surface area contributed by atoms with Crippen molar-refractivity contribution in [2.45, 2.75) is 0 Å². The van der Waals surface area contributed by atoms with Gasteiger partial charge in [0.2, 0.25) is 0 Å². The highest BCUT2D eigenvalue weighted by Crippen LogP contribution is 2.20. The molecule has 0 aliphatic carbocycles. The fraction of sp³-hybridized carbons (Fsp3) is 0. The highest BCUT2D eigenvalue weighted by atomic mass is 16.1. The van der Waals surface area contributed by atoms with Gasteiger partial charge >= 0.3 is 0 Å². The van der Waals surface area contributed by atoms with Gasteiger partial charge in [-0.05, 0) is 39.3 Å². The summed E-state index contributed by atoms with van der Waals surface area (Å²) in [5, 5.41) is 4.56. The molecule has 0 aliphatic rings. The summed E-state index contributed by atoms with van der Waals surface area (Å²) in [7, 11) is 0. The molecule has 114 valence electrons. The molecule has 0 amide bonds. The number of rotatable bonds is 3. The summed E-state index contributed by atoms with van der Waals surface area (Å²) in [6.07, 6.45) is 3.56. The second-order valence-electron chi connectivity index (χ2n) is 5.83. The van der Waals surface area contributed by atoms with Gasteiger partial charge in [-0.25, -0.2) is 0 Å². The molecular weight excluding hydrogens is 292 g/mol. The molecule has 0 atom stereocenters. The molecule has 1 heteroatoms. The van der Waals surface area contributed by atoms with Crippen LogP contribution in [0.3, 0.4) is 0 Å². The van der Waals surface area contributed by atoms with E-state index in [1.807, 2.05) is 66.7 Å². The molecule has 0 aromatic heterocycles. The fourth-order valence-corrected chi connectivity index (χ4v) is 3.00. The minimum atomic E-state index is 0.0219. The van der Waals surface area contributed by atoms with Gasteiger partial charge in [-0.3, -0.25) is 4.79 Å². The minimum Gasteiger partial charge on any atom is -0.289 e. The Morgan fingerprint density at radius 2 is 1.38 bits per heavy atom. The van der Waals surface area contributed by atoms with E-state index in [0.29, 0.717) is 5.56 Å². The van der Waals surface area contributed by atoms with E-state index in [0.717, 1.165) is 21.7 Å². The van der Waals surface area contributed by atoms with Gasteiger partial charge in [-0.15, -0.1) is 0 Å². The highest BCUT2D eigenvalue weighted by molar-refractivity contribution is 6.09. The van der Waals surface area contributed by atoms with Gasteiger partial charge in [-0.2, -0.15) is 0 Å². The van der Waals surface area contributed by atoms with Crippen molar-refractivity contribution in [3.05, 3.63) is 102 Å². The van der Waals surface area contributed by atoms with Crippen LogP contribution in [0.1, 0.15) is 15.9 Å². The van der Waals surface area contributed by atoms with Crippen LogP contribution in [0.25, 0.3) is 27.6 Å². The maximum atomic E-state index is 12.5. The van der Waals surface area contributed by atoms with Gasteiger partial charge in [0.15, 0.2) is 5.78 Å². The normalized spacial score (nSPS) is 11.3. The summed E-state index contributed by atoms with van der Waals surface area (Å²) in [5.41, 5.74) is 1.77. The SMILES string of the molecule is O=C(C=Cc1cccc2ccccc12)c1ccc2ccccc2c1. The molecule has 4 rings (SSSR count). The molecule has 4 aromatic carbocycles. The molecule has 0 spiro atoms. The molecule has 0 saturated carbocycles. The fourth-order valence-electron chi connectivity index (χ4n) is 3.00. The minimum absolute atomic E-state index is 0.0219. The molecule has 0 aliphatic heterocycles. The number of carbonyl (C=O) groups excluding carboxylic acids is 1. The van der Waals surface area contributed by atoms with E-state index < -0.39 is 0 Å². The Kier molecular flexibility index (Phi) is 3.68. The predicted molar refractivity (Wildman–Crippen MR) is 101 cm³/mol. The largest absolute Gasteiger partial charge is 0.289 e. The first-order valence-electron chi connectivity index (χ1n) is 8.00. The van der Waals surface area contributed by atoms with Crippen molar-refractivity contribution >= 4 is 33.4 Å². The smallest absolute Gasteiger partial charge is 0.185 e. The van der Waals surface area contributed by atoms with Gasteiger partial charge in [0, 0.05) is 5.56 Å². The van der Waals surface area contributed by atoms with E-state index in [4.69, 9.17) is 0 Å². The highest BCUT2D eigenvalue weighted by Gasteiger charge is 2.04. The summed E-state index contributed by atoms with van der Waals surface area (Å²) in [6.45, 7) is 0. The lowest BCUT2D eigenvalue weighted by molar-refractivity contribution is 0.104. The Balaban J connectivity index is 1.68. The predicted octanol–water partition coefficient (Wildman–Crippen LogP) is 5.89. The van der Waals surface area contributed by atoms with Gasteiger partial charge < -0.3 is 0 Å². The Morgan fingerprint density at radius 1 is 0.667 bits per heavy atom. The molecule has 0 unspecified atom stereocenters. The van der Waals surface area contributed by atoms with Crippen LogP contribution in [-0.2, 0) is 0 Å². The van der Waals surface area contributed by atoms with Gasteiger partial charge in [-0.1, -0.05) is 84.9 Å². The van der Waals surface area contributed by atoms with Crippen molar-refractivity contribution in [2.75, 3.05) is 0 Å². The molecule has 0 N–H and O–H groups in total. The molecule has 24 heavy (non-hydrogen) atoms. The lowest BCUT2D eigenvalue weighted by Crippen LogP contribution is -1.93. The van der Waals surface area contributed by atoms with Crippen molar-refractivity contribution in [1.82, 2.24) is 0 Å². The molecule has 0 bridgehead atoms. The second kappa shape index (κ2) is 6.13. The van der Waals surface area contributed by atoms with Crippen molar-refractivity contribution in [1.29, 1.82) is 0 Å². The Labute approximate surface area is 140 Å². The zero-order valence-electron chi connectivity index (χ0n) is 13.1. The van der Waals surface area contributed by atoms with Crippen molar-refractivity contribution in [2.24, 2.45) is 0 Å². The van der Waals surface area contributed by atoms with Crippen molar-refractivity contribution in [3.63, 3.8) is 0 Å². The average molecular weight is 308 g/mol. The van der Waals surface area contributed by atoms with Crippen LogP contribution < -0.4 is 0 Å². The van der Waals surface area contributed by atoms with E-state index in [9.17, 15) is 4.79 Å². The number of carbonyl (C=O) groups is 1. The third kappa shape index (κ3) is 2.72. The number of ketones is 1. The second-order valence-corrected chi connectivity index (χ2v) is 5.83. The maximum absolute atomic E-state index is 12.5. The van der Waals surface area contributed by atoms with Crippen LogP contribution >= 0.6 is 0 Å². The van der Waals surface area contributed by atoms with Gasteiger partial charge in [0.05, 0.1) is 0 Å². The first kappa shape index (κ1) is 14.4. The van der Waals surface area contributed by atoms with Gasteiger partial charge in [0.1, 0.15) is 0 Å². The number of benzene rings is 4. The quantitative estimate of drug-likeness (QED) is 0.341. The van der Waals surface area contributed by atoms with Gasteiger partial charge in [0.25, 0.3) is 0 Å². The van der Waals surface area contributed by atoms with E-state index in [1.165, 1.54) is 5.39 Å². The monoisotopic (exact) mass is 308 g/mol. The number of allylic oxidation sites excluding steroid dienone is 1. The molecule has 0 heterocycles. The Hall–Kier alpha value is -3.19. The first-order valence-corrected chi connectivity index (χ1v) is 8.00. The number of hydrogen-bond acceptors (Lipinski definition) is 1. The third-order valence-corrected chi connectivity index (χ3v) is 4.27. The standard InChI is InChI=1S/C23H16O/c24-23(21-13-12-17-6-1-2-8-20(17)16-21)15-14-19-10-5-9-18-7-3-4-11-22(18)19/h1-16H. The lowest BCUT2D eigenvalue weighted by Gasteiger charge is -2.02. The van der Waals surface area contributed by atoms with Crippen LogP contribution in [0, 0.1) is 0 Å². The van der Waals surface area contributed by atoms with Crippen molar-refractivity contribution in [3.8, 4) is 0 Å². The summed E-state index contributed by atoms with van der Waals surface area (Å²) in [5.74, 6) is 0.0219. The first-order chi connectivity index (χ1) is 11.8. The molecule has 0 fully saturated rings. The zero-order chi connectivity index (χ0) is 16.4. The average Bonchev–Trinajstić information content (AvgIpc) is 2.65.